The van der Waals surface area contributed by atoms with E-state index in [4.69, 9.17) is 5.73 Å². The van der Waals surface area contributed by atoms with Gasteiger partial charge >= 0.3 is 0 Å². The average Bonchev–Trinajstić information content (AvgIpc) is 2.83. The summed E-state index contributed by atoms with van der Waals surface area (Å²) in [5.41, 5.74) is 6.13. The van der Waals surface area contributed by atoms with Gasteiger partial charge in [-0.05, 0) is 38.0 Å². The minimum atomic E-state index is 0.0175. The molecule has 0 aromatic carbocycles. The van der Waals surface area contributed by atoms with Gasteiger partial charge in [0.15, 0.2) is 0 Å². The van der Waals surface area contributed by atoms with Crippen molar-refractivity contribution >= 4 is 11.8 Å². The fraction of sp³-hybridized carbons (Fsp3) is 0.867. The molecule has 2 aliphatic heterocycles. The minimum absolute atomic E-state index is 0.0175. The molecule has 3 fully saturated rings. The van der Waals surface area contributed by atoms with Gasteiger partial charge in [-0.2, -0.15) is 0 Å². The SMILES string of the molecule is CC1CCC(C(=O)N2CCCC3C(=O)NCC32)CC1N. The lowest BCUT2D eigenvalue weighted by molar-refractivity contribution is -0.142. The van der Waals surface area contributed by atoms with Crippen LogP contribution in [0, 0.1) is 17.8 Å². The Hall–Kier alpha value is -1.10. The maximum absolute atomic E-state index is 12.8. The lowest BCUT2D eigenvalue weighted by Gasteiger charge is -2.40. The summed E-state index contributed by atoms with van der Waals surface area (Å²) in [5.74, 6) is 0.961. The fourth-order valence-electron chi connectivity index (χ4n) is 4.04. The Kier molecular flexibility index (Phi) is 3.71. The molecule has 20 heavy (non-hydrogen) atoms. The van der Waals surface area contributed by atoms with Crippen molar-refractivity contribution in [3.63, 3.8) is 0 Å². The number of amides is 2. The van der Waals surface area contributed by atoms with Gasteiger partial charge in [0.1, 0.15) is 0 Å². The highest BCUT2D eigenvalue weighted by Gasteiger charge is 2.44. The highest BCUT2D eigenvalue weighted by molar-refractivity contribution is 5.85. The Bertz CT molecular complexity index is 412. The first-order valence-electron chi connectivity index (χ1n) is 7.91. The van der Waals surface area contributed by atoms with E-state index in [-0.39, 0.29) is 35.7 Å². The van der Waals surface area contributed by atoms with Gasteiger partial charge in [0.2, 0.25) is 11.8 Å². The zero-order valence-electron chi connectivity index (χ0n) is 12.2. The Balaban J connectivity index is 1.69. The van der Waals surface area contributed by atoms with Crippen molar-refractivity contribution in [1.29, 1.82) is 0 Å². The predicted molar refractivity (Wildman–Crippen MR) is 75.7 cm³/mol. The van der Waals surface area contributed by atoms with Crippen molar-refractivity contribution in [2.24, 2.45) is 23.5 Å². The van der Waals surface area contributed by atoms with Gasteiger partial charge in [-0.15, -0.1) is 0 Å². The van der Waals surface area contributed by atoms with Crippen LogP contribution < -0.4 is 11.1 Å². The van der Waals surface area contributed by atoms with Crippen LogP contribution >= 0.6 is 0 Å². The summed E-state index contributed by atoms with van der Waals surface area (Å²) in [5, 5.41) is 2.91. The number of nitrogens with one attached hydrogen (secondary N) is 1. The van der Waals surface area contributed by atoms with E-state index < -0.39 is 0 Å². The number of hydrogen-bond acceptors (Lipinski definition) is 3. The second kappa shape index (κ2) is 5.35. The molecular weight excluding hydrogens is 254 g/mol. The molecule has 0 aromatic heterocycles. The zero-order valence-corrected chi connectivity index (χ0v) is 12.2. The van der Waals surface area contributed by atoms with Crippen LogP contribution in [-0.2, 0) is 9.59 Å². The Morgan fingerprint density at radius 2 is 2.15 bits per heavy atom. The summed E-state index contributed by atoms with van der Waals surface area (Å²) >= 11 is 0. The molecule has 3 aliphatic rings. The molecule has 5 nitrogen and oxygen atoms in total. The fourth-order valence-corrected chi connectivity index (χ4v) is 4.04. The van der Waals surface area contributed by atoms with Crippen molar-refractivity contribution in [2.75, 3.05) is 13.1 Å². The second-order valence-corrected chi connectivity index (χ2v) is 6.74. The lowest BCUT2D eigenvalue weighted by Crippen LogP contribution is -2.52. The van der Waals surface area contributed by atoms with E-state index in [1.807, 2.05) is 4.90 Å². The molecule has 0 radical (unpaired) electrons. The van der Waals surface area contributed by atoms with Crippen LogP contribution in [0.1, 0.15) is 39.0 Å². The molecule has 0 aromatic rings. The van der Waals surface area contributed by atoms with Crippen LogP contribution in [-0.4, -0.2) is 41.9 Å². The molecule has 1 saturated carbocycles. The Morgan fingerprint density at radius 1 is 1.35 bits per heavy atom. The number of fused-ring (bicyclic) bond motifs is 1. The van der Waals surface area contributed by atoms with Crippen LogP contribution in [0.2, 0.25) is 0 Å². The maximum Gasteiger partial charge on any atom is 0.226 e. The second-order valence-electron chi connectivity index (χ2n) is 6.74. The first kappa shape index (κ1) is 13.9. The molecule has 5 heteroatoms. The molecule has 3 N–H and O–H groups in total. The van der Waals surface area contributed by atoms with E-state index in [1.165, 1.54) is 0 Å². The number of piperidine rings is 1. The molecule has 2 amide bonds. The monoisotopic (exact) mass is 279 g/mol. The number of likely N-dealkylation sites (tertiary alicyclic amines) is 1. The van der Waals surface area contributed by atoms with Crippen molar-refractivity contribution in [3.05, 3.63) is 0 Å². The van der Waals surface area contributed by atoms with Gasteiger partial charge in [0.25, 0.3) is 0 Å². The van der Waals surface area contributed by atoms with Gasteiger partial charge in [-0.3, -0.25) is 9.59 Å². The van der Waals surface area contributed by atoms with E-state index in [2.05, 4.69) is 12.2 Å². The topological polar surface area (TPSA) is 75.4 Å². The molecule has 0 bridgehead atoms. The van der Waals surface area contributed by atoms with Gasteiger partial charge < -0.3 is 16.0 Å². The quantitative estimate of drug-likeness (QED) is 0.733. The zero-order chi connectivity index (χ0) is 14.3. The first-order chi connectivity index (χ1) is 9.58. The van der Waals surface area contributed by atoms with Gasteiger partial charge in [0, 0.05) is 25.0 Å². The van der Waals surface area contributed by atoms with Crippen molar-refractivity contribution in [2.45, 2.75) is 51.1 Å². The Labute approximate surface area is 120 Å². The minimum Gasteiger partial charge on any atom is -0.354 e. The molecule has 112 valence electrons. The average molecular weight is 279 g/mol. The molecule has 0 spiro atoms. The summed E-state index contributed by atoms with van der Waals surface area (Å²) in [6, 6.07) is 0.223. The van der Waals surface area contributed by atoms with E-state index >= 15 is 0 Å². The molecule has 1 aliphatic carbocycles. The van der Waals surface area contributed by atoms with Crippen molar-refractivity contribution in [1.82, 2.24) is 10.2 Å². The maximum atomic E-state index is 12.8. The molecule has 2 saturated heterocycles. The molecular formula is C15H25N3O2. The van der Waals surface area contributed by atoms with E-state index in [0.717, 1.165) is 38.6 Å². The molecule has 5 unspecified atom stereocenters. The van der Waals surface area contributed by atoms with Crippen LogP contribution in [0.15, 0.2) is 0 Å². The first-order valence-corrected chi connectivity index (χ1v) is 7.91. The van der Waals surface area contributed by atoms with Crippen LogP contribution in [0.4, 0.5) is 0 Å². The van der Waals surface area contributed by atoms with Crippen molar-refractivity contribution < 1.29 is 9.59 Å². The van der Waals surface area contributed by atoms with E-state index in [1.54, 1.807) is 0 Å². The summed E-state index contributed by atoms with van der Waals surface area (Å²) in [7, 11) is 0. The summed E-state index contributed by atoms with van der Waals surface area (Å²) < 4.78 is 0. The summed E-state index contributed by atoms with van der Waals surface area (Å²) in [6.45, 7) is 3.60. The number of nitrogens with two attached hydrogens (primary N) is 1. The largest absolute Gasteiger partial charge is 0.354 e. The number of carbonyl (C=O) groups excluding carboxylic acids is 2. The van der Waals surface area contributed by atoms with Crippen LogP contribution in [0.25, 0.3) is 0 Å². The molecule has 2 heterocycles. The Morgan fingerprint density at radius 3 is 2.90 bits per heavy atom. The summed E-state index contributed by atoms with van der Waals surface area (Å²) in [6.07, 6.45) is 4.64. The summed E-state index contributed by atoms with van der Waals surface area (Å²) in [4.78, 5) is 26.5. The number of rotatable bonds is 1. The van der Waals surface area contributed by atoms with Crippen LogP contribution in [0.5, 0.6) is 0 Å². The third-order valence-electron chi connectivity index (χ3n) is 5.49. The number of nitrogens with zero attached hydrogens (tertiary/aromatic N) is 1. The van der Waals surface area contributed by atoms with E-state index in [9.17, 15) is 9.59 Å². The smallest absolute Gasteiger partial charge is 0.226 e. The lowest BCUT2D eigenvalue weighted by atomic mass is 9.78. The third kappa shape index (κ3) is 2.32. The third-order valence-corrected chi connectivity index (χ3v) is 5.49. The molecule has 5 atom stereocenters. The highest BCUT2D eigenvalue weighted by atomic mass is 16.2. The highest BCUT2D eigenvalue weighted by Crippen LogP contribution is 2.33. The standard InChI is InChI=1S/C15H25N3O2/c1-9-4-5-10(7-12(9)16)15(20)18-6-2-3-11-13(18)8-17-14(11)19/h9-13H,2-8,16H2,1H3,(H,17,19). The number of carbonyl (C=O) groups is 2. The van der Waals surface area contributed by atoms with Gasteiger partial charge in [0.05, 0.1) is 12.0 Å². The predicted octanol–water partition coefficient (Wildman–Crippen LogP) is 0.487. The van der Waals surface area contributed by atoms with E-state index in [0.29, 0.717) is 12.5 Å². The molecule has 3 rings (SSSR count). The number of hydrogen-bond donors (Lipinski definition) is 2. The van der Waals surface area contributed by atoms with Gasteiger partial charge in [-0.1, -0.05) is 6.92 Å². The van der Waals surface area contributed by atoms with Crippen molar-refractivity contribution in [3.8, 4) is 0 Å². The van der Waals surface area contributed by atoms with Gasteiger partial charge in [-0.25, -0.2) is 0 Å². The normalized spacial score (nSPS) is 41.2. The van der Waals surface area contributed by atoms with Crippen LogP contribution in [0.3, 0.4) is 0 Å².